The maximum atomic E-state index is 12.6. The van der Waals surface area contributed by atoms with Crippen LogP contribution < -0.4 is 10.2 Å². The summed E-state index contributed by atoms with van der Waals surface area (Å²) in [6.07, 6.45) is 2.63. The van der Waals surface area contributed by atoms with Gasteiger partial charge in [0.2, 0.25) is 11.8 Å². The van der Waals surface area contributed by atoms with Gasteiger partial charge in [-0.25, -0.2) is 4.79 Å². The van der Waals surface area contributed by atoms with Crippen molar-refractivity contribution < 1.29 is 19.1 Å². The second-order valence-electron chi connectivity index (χ2n) is 6.82. The van der Waals surface area contributed by atoms with Crippen molar-refractivity contribution in [2.75, 3.05) is 24.8 Å². The van der Waals surface area contributed by atoms with Gasteiger partial charge in [0, 0.05) is 23.5 Å². The second-order valence-corrected chi connectivity index (χ2v) is 7.70. The molecule has 2 amide bonds. The highest BCUT2D eigenvalue weighted by Crippen LogP contribution is 2.27. The number of amides is 2. The van der Waals surface area contributed by atoms with Gasteiger partial charge in [-0.2, -0.15) is 0 Å². The number of rotatable bonds is 7. The molecule has 1 aliphatic rings. The Morgan fingerprint density at radius 1 is 1.31 bits per heavy atom. The van der Waals surface area contributed by atoms with E-state index in [0.29, 0.717) is 13.0 Å². The topological polar surface area (TPSA) is 75.7 Å². The lowest BCUT2D eigenvalue weighted by atomic mass is 10.0. The number of nitrogens with zero attached hydrogens (tertiary/aromatic N) is 1. The Morgan fingerprint density at radius 3 is 2.50 bits per heavy atom. The normalized spacial score (nSPS) is 18.1. The Balaban J connectivity index is 2.03. The van der Waals surface area contributed by atoms with Gasteiger partial charge in [0.15, 0.2) is 0 Å². The van der Waals surface area contributed by atoms with Crippen LogP contribution in [0.1, 0.15) is 26.7 Å². The molecule has 1 fully saturated rings. The Morgan fingerprint density at radius 2 is 1.96 bits per heavy atom. The summed E-state index contributed by atoms with van der Waals surface area (Å²) >= 11 is 1.63. The number of carbonyl (C=O) groups excluding carboxylic acids is 3. The molecule has 1 saturated heterocycles. The Kier molecular flexibility index (Phi) is 7.08. The number of thioether (sulfide) groups is 1. The fourth-order valence-corrected chi connectivity index (χ4v) is 3.42. The van der Waals surface area contributed by atoms with Crippen molar-refractivity contribution in [3.8, 4) is 0 Å². The van der Waals surface area contributed by atoms with Crippen molar-refractivity contribution in [1.82, 2.24) is 5.32 Å². The van der Waals surface area contributed by atoms with Crippen molar-refractivity contribution in [3.63, 3.8) is 0 Å². The molecule has 1 heterocycles. The lowest BCUT2D eigenvalue weighted by molar-refractivity contribution is -0.146. The quantitative estimate of drug-likeness (QED) is 0.583. The van der Waals surface area contributed by atoms with Crippen LogP contribution >= 0.6 is 11.8 Å². The van der Waals surface area contributed by atoms with Crippen molar-refractivity contribution in [1.29, 1.82) is 0 Å². The van der Waals surface area contributed by atoms with E-state index in [1.54, 1.807) is 16.7 Å². The van der Waals surface area contributed by atoms with E-state index in [-0.39, 0.29) is 24.2 Å². The van der Waals surface area contributed by atoms with Crippen LogP contribution in [0.4, 0.5) is 5.69 Å². The lowest BCUT2D eigenvalue weighted by Gasteiger charge is -2.21. The van der Waals surface area contributed by atoms with E-state index in [4.69, 9.17) is 4.74 Å². The minimum absolute atomic E-state index is 0.0828. The highest BCUT2D eigenvalue weighted by atomic mass is 32.2. The highest BCUT2D eigenvalue weighted by molar-refractivity contribution is 7.98. The van der Waals surface area contributed by atoms with Crippen LogP contribution in [0.15, 0.2) is 29.2 Å². The first-order valence-corrected chi connectivity index (χ1v) is 9.90. The fraction of sp³-hybridized carbons (Fsp3) is 0.526. The fourth-order valence-electron chi connectivity index (χ4n) is 3.01. The van der Waals surface area contributed by atoms with E-state index < -0.39 is 17.9 Å². The number of hydrogen-bond acceptors (Lipinski definition) is 5. The SMILES string of the molecule is COC(=O)C(CC(C)C)NC(=O)C1CC(=O)N(c2ccc(SC)cc2)C1. The van der Waals surface area contributed by atoms with Crippen molar-refractivity contribution in [3.05, 3.63) is 24.3 Å². The molecular formula is C19H26N2O4S. The van der Waals surface area contributed by atoms with Gasteiger partial charge in [-0.15, -0.1) is 11.8 Å². The highest BCUT2D eigenvalue weighted by Gasteiger charge is 2.36. The van der Waals surface area contributed by atoms with Gasteiger partial charge >= 0.3 is 5.97 Å². The molecule has 0 spiro atoms. The van der Waals surface area contributed by atoms with Crippen LogP contribution in [0.2, 0.25) is 0 Å². The van der Waals surface area contributed by atoms with E-state index in [1.807, 2.05) is 44.4 Å². The molecule has 1 aromatic rings. The van der Waals surface area contributed by atoms with Crippen LogP contribution in [0, 0.1) is 11.8 Å². The molecule has 0 aromatic heterocycles. The first kappa shape index (κ1) is 20.3. The third-order valence-electron chi connectivity index (χ3n) is 4.39. The summed E-state index contributed by atoms with van der Waals surface area (Å²) in [4.78, 5) is 39.6. The largest absolute Gasteiger partial charge is 0.467 e. The van der Waals surface area contributed by atoms with Gasteiger partial charge in [-0.1, -0.05) is 13.8 Å². The van der Waals surface area contributed by atoms with Gasteiger partial charge in [-0.3, -0.25) is 9.59 Å². The first-order valence-electron chi connectivity index (χ1n) is 8.68. The number of methoxy groups -OCH3 is 1. The van der Waals surface area contributed by atoms with E-state index in [2.05, 4.69) is 5.32 Å². The van der Waals surface area contributed by atoms with Gasteiger partial charge in [0.1, 0.15) is 6.04 Å². The average Bonchev–Trinajstić information content (AvgIpc) is 3.02. The molecule has 1 N–H and O–H groups in total. The van der Waals surface area contributed by atoms with Crippen molar-refractivity contribution in [2.24, 2.45) is 11.8 Å². The van der Waals surface area contributed by atoms with Crippen LogP contribution in [0.5, 0.6) is 0 Å². The standard InChI is InChI=1S/C19H26N2O4S/c1-12(2)9-16(19(24)25-3)20-18(23)13-10-17(22)21(11-13)14-5-7-15(26-4)8-6-14/h5-8,12-13,16H,9-11H2,1-4H3,(H,20,23). The maximum Gasteiger partial charge on any atom is 0.328 e. The third-order valence-corrected chi connectivity index (χ3v) is 5.13. The molecule has 26 heavy (non-hydrogen) atoms. The van der Waals surface area contributed by atoms with Crippen LogP contribution in [0.25, 0.3) is 0 Å². The Labute approximate surface area is 158 Å². The molecule has 1 aliphatic heterocycles. The van der Waals surface area contributed by atoms with E-state index in [9.17, 15) is 14.4 Å². The molecule has 7 heteroatoms. The van der Waals surface area contributed by atoms with E-state index in [0.717, 1.165) is 10.6 Å². The van der Waals surface area contributed by atoms with Gasteiger partial charge in [0.25, 0.3) is 0 Å². The molecule has 0 saturated carbocycles. The van der Waals surface area contributed by atoms with Gasteiger partial charge in [-0.05, 0) is 42.9 Å². The first-order chi connectivity index (χ1) is 12.3. The molecule has 2 atom stereocenters. The summed E-state index contributed by atoms with van der Waals surface area (Å²) in [5.74, 6) is -1.06. The molecule has 0 bridgehead atoms. The predicted molar refractivity (Wildman–Crippen MR) is 102 cm³/mol. The zero-order chi connectivity index (χ0) is 19.3. The maximum absolute atomic E-state index is 12.6. The number of benzene rings is 1. The van der Waals surface area contributed by atoms with Gasteiger partial charge in [0.05, 0.1) is 13.0 Å². The summed E-state index contributed by atoms with van der Waals surface area (Å²) in [5, 5.41) is 2.76. The van der Waals surface area contributed by atoms with Crippen LogP contribution in [-0.4, -0.2) is 43.7 Å². The number of ether oxygens (including phenoxy) is 1. The molecule has 0 radical (unpaired) electrons. The number of nitrogens with one attached hydrogen (secondary N) is 1. The average molecular weight is 378 g/mol. The van der Waals surface area contributed by atoms with Gasteiger partial charge < -0.3 is 15.0 Å². The molecule has 2 unspecified atom stereocenters. The molecule has 2 rings (SSSR count). The minimum Gasteiger partial charge on any atom is -0.467 e. The van der Waals surface area contributed by atoms with Crippen molar-refractivity contribution in [2.45, 2.75) is 37.6 Å². The molecule has 142 valence electrons. The monoisotopic (exact) mass is 378 g/mol. The zero-order valence-corrected chi connectivity index (χ0v) is 16.5. The number of esters is 1. The van der Waals surface area contributed by atoms with Crippen LogP contribution in [0.3, 0.4) is 0 Å². The Bertz CT molecular complexity index is 660. The van der Waals surface area contributed by atoms with E-state index in [1.165, 1.54) is 7.11 Å². The summed E-state index contributed by atoms with van der Waals surface area (Å²) < 4.78 is 4.78. The number of hydrogen-bond donors (Lipinski definition) is 1. The lowest BCUT2D eigenvalue weighted by Crippen LogP contribution is -2.45. The van der Waals surface area contributed by atoms with E-state index >= 15 is 0 Å². The number of anilines is 1. The smallest absolute Gasteiger partial charge is 0.328 e. The summed E-state index contributed by atoms with van der Waals surface area (Å²) in [5.41, 5.74) is 0.787. The van der Waals surface area contributed by atoms with Crippen LogP contribution in [-0.2, 0) is 19.1 Å². The summed E-state index contributed by atoms with van der Waals surface area (Å²) in [7, 11) is 1.31. The molecule has 0 aliphatic carbocycles. The molecular weight excluding hydrogens is 352 g/mol. The minimum atomic E-state index is -0.683. The summed E-state index contributed by atoms with van der Waals surface area (Å²) in [6.45, 7) is 4.27. The number of carbonyl (C=O) groups is 3. The molecule has 1 aromatic carbocycles. The van der Waals surface area contributed by atoms with Crippen molar-refractivity contribution >= 4 is 35.2 Å². The molecule has 6 nitrogen and oxygen atoms in total. The predicted octanol–water partition coefficient (Wildman–Crippen LogP) is 2.47. The third kappa shape index (κ3) is 5.00. The second kappa shape index (κ2) is 9.07. The Hall–Kier alpha value is -2.02. The summed E-state index contributed by atoms with van der Waals surface area (Å²) in [6, 6.07) is 7.00. The zero-order valence-electron chi connectivity index (χ0n) is 15.7.